The molecule has 32 heavy (non-hydrogen) atoms. The van der Waals surface area contributed by atoms with Crippen LogP contribution in [-0.2, 0) is 33.9 Å². The van der Waals surface area contributed by atoms with E-state index in [4.69, 9.17) is 0 Å². The SMILES string of the molecule is C=CC(=O)OC(OCCCCC(F)(F)C(F)(F)S(=O)(=O)[O-])(C(=O)OCC(C)C)C(F)(F)F. The Balaban J connectivity index is 5.45. The molecule has 0 aliphatic carbocycles. The Morgan fingerprint density at radius 3 is 2.00 bits per heavy atom. The number of unbranched alkanes of at least 4 members (excludes halogenated alkanes) is 1. The van der Waals surface area contributed by atoms with Gasteiger partial charge in [-0.2, -0.15) is 30.7 Å². The fourth-order valence-electron chi connectivity index (χ4n) is 1.90. The van der Waals surface area contributed by atoms with Crippen LogP contribution in [0.25, 0.3) is 0 Å². The van der Waals surface area contributed by atoms with Gasteiger partial charge in [-0.25, -0.2) is 18.0 Å². The van der Waals surface area contributed by atoms with Crippen LogP contribution >= 0.6 is 0 Å². The highest BCUT2D eigenvalue weighted by atomic mass is 32.2. The van der Waals surface area contributed by atoms with Gasteiger partial charge in [-0.15, -0.1) is 0 Å². The number of carbonyl (C=O) groups excluding carboxylic acids is 2. The molecule has 0 heterocycles. The van der Waals surface area contributed by atoms with Crippen molar-refractivity contribution in [2.45, 2.75) is 56.3 Å². The summed E-state index contributed by atoms with van der Waals surface area (Å²) in [6.07, 6.45) is -9.30. The quantitative estimate of drug-likeness (QED) is 0.0936. The normalized spacial score (nSPS) is 15.2. The van der Waals surface area contributed by atoms with Crippen molar-refractivity contribution in [3.8, 4) is 0 Å². The average Bonchev–Trinajstić information content (AvgIpc) is 2.62. The highest BCUT2D eigenvalue weighted by Crippen LogP contribution is 2.42. The molecule has 0 N–H and O–H groups in total. The van der Waals surface area contributed by atoms with Crippen molar-refractivity contribution in [1.82, 2.24) is 0 Å². The third kappa shape index (κ3) is 7.30. The van der Waals surface area contributed by atoms with Crippen molar-refractivity contribution in [2.24, 2.45) is 5.92 Å². The lowest BCUT2D eigenvalue weighted by Crippen LogP contribution is -2.58. The van der Waals surface area contributed by atoms with Gasteiger partial charge < -0.3 is 18.8 Å². The Kier molecular flexibility index (Phi) is 10.1. The van der Waals surface area contributed by atoms with Gasteiger partial charge in [0.15, 0.2) is 10.1 Å². The van der Waals surface area contributed by atoms with Crippen LogP contribution in [0.5, 0.6) is 0 Å². The fourth-order valence-corrected chi connectivity index (χ4v) is 2.37. The van der Waals surface area contributed by atoms with Crippen molar-refractivity contribution >= 4 is 22.1 Å². The summed E-state index contributed by atoms with van der Waals surface area (Å²) in [5, 5.41) is -5.96. The summed E-state index contributed by atoms with van der Waals surface area (Å²) < 4.78 is 137. The zero-order chi connectivity index (χ0) is 25.6. The van der Waals surface area contributed by atoms with Gasteiger partial charge in [0.2, 0.25) is 0 Å². The zero-order valence-corrected chi connectivity index (χ0v) is 17.5. The van der Waals surface area contributed by atoms with E-state index in [2.05, 4.69) is 20.8 Å². The number of alkyl halides is 7. The van der Waals surface area contributed by atoms with E-state index in [0.717, 1.165) is 0 Å². The Morgan fingerprint density at radius 1 is 1.06 bits per heavy atom. The van der Waals surface area contributed by atoms with Gasteiger partial charge in [0.05, 0.1) is 13.2 Å². The Morgan fingerprint density at radius 2 is 1.59 bits per heavy atom. The number of hydrogen-bond donors (Lipinski definition) is 0. The molecule has 1 unspecified atom stereocenters. The van der Waals surface area contributed by atoms with E-state index in [9.17, 15) is 53.3 Å². The molecule has 1 atom stereocenters. The maximum Gasteiger partial charge on any atom is 0.468 e. The van der Waals surface area contributed by atoms with Crippen LogP contribution in [-0.4, -0.2) is 61.3 Å². The van der Waals surface area contributed by atoms with Crippen molar-refractivity contribution in [2.75, 3.05) is 13.2 Å². The van der Waals surface area contributed by atoms with Crippen molar-refractivity contribution in [1.29, 1.82) is 0 Å². The first-order valence-electron chi connectivity index (χ1n) is 8.69. The van der Waals surface area contributed by atoms with E-state index in [0.29, 0.717) is 0 Å². The monoisotopic (exact) mass is 505 g/mol. The molecule has 0 amide bonds. The summed E-state index contributed by atoms with van der Waals surface area (Å²) in [5.74, 6) is -14.0. The summed E-state index contributed by atoms with van der Waals surface area (Å²) in [6, 6.07) is 0. The second-order valence-electron chi connectivity index (χ2n) is 6.71. The minimum atomic E-state index is -6.73. The van der Waals surface area contributed by atoms with E-state index >= 15 is 0 Å². The van der Waals surface area contributed by atoms with E-state index in [1.807, 2.05) is 0 Å². The molecule has 0 aliphatic heterocycles. The first-order chi connectivity index (χ1) is 14.2. The first kappa shape index (κ1) is 30.1. The van der Waals surface area contributed by atoms with Crippen molar-refractivity contribution < 1.29 is 67.5 Å². The second kappa shape index (κ2) is 10.8. The lowest BCUT2D eigenvalue weighted by Gasteiger charge is -2.32. The van der Waals surface area contributed by atoms with E-state index in [1.54, 1.807) is 0 Å². The van der Waals surface area contributed by atoms with Gasteiger partial charge >= 0.3 is 35.1 Å². The number of ether oxygens (including phenoxy) is 3. The van der Waals surface area contributed by atoms with Gasteiger partial charge in [-0.3, -0.25) is 0 Å². The molecule has 0 radical (unpaired) electrons. The fraction of sp³-hybridized carbons (Fsp3) is 0.750. The van der Waals surface area contributed by atoms with Crippen LogP contribution in [0.4, 0.5) is 30.7 Å². The van der Waals surface area contributed by atoms with Crippen LogP contribution in [0.3, 0.4) is 0 Å². The molecule has 0 spiro atoms. The number of carbonyl (C=O) groups is 2. The first-order valence-corrected chi connectivity index (χ1v) is 10.1. The van der Waals surface area contributed by atoms with Crippen LogP contribution in [0.15, 0.2) is 12.7 Å². The molecule has 8 nitrogen and oxygen atoms in total. The van der Waals surface area contributed by atoms with E-state index in [-0.39, 0.29) is 6.08 Å². The molecule has 0 bridgehead atoms. The maximum atomic E-state index is 13.6. The van der Waals surface area contributed by atoms with Gasteiger partial charge in [0, 0.05) is 12.5 Å². The largest absolute Gasteiger partial charge is 0.743 e. The molecule has 0 saturated heterocycles. The molecule has 0 saturated carbocycles. The second-order valence-corrected chi connectivity index (χ2v) is 8.13. The standard InChI is InChI=1S/C16H21F7O8S/c1-4-11(24)31-14(15(19,20)21,12(25)29-9-10(2)3)30-8-6-5-7-13(17,18)16(22,23)32(26,27)28/h4,10H,1,5-9H2,2-3H3,(H,26,27,28)/p-1. The predicted molar refractivity (Wildman–Crippen MR) is 90.3 cm³/mol. The molecule has 0 rings (SSSR count). The lowest BCUT2D eigenvalue weighted by molar-refractivity contribution is -0.354. The van der Waals surface area contributed by atoms with Gasteiger partial charge in [-0.05, 0) is 18.8 Å². The van der Waals surface area contributed by atoms with Crippen LogP contribution in [0.1, 0.15) is 33.1 Å². The number of halogens is 7. The molecule has 0 aromatic heterocycles. The number of hydrogen-bond acceptors (Lipinski definition) is 8. The molecular formula is C16H20F7O8S-. The zero-order valence-electron chi connectivity index (χ0n) is 16.7. The van der Waals surface area contributed by atoms with Crippen LogP contribution in [0.2, 0.25) is 0 Å². The Hall–Kier alpha value is -1.94. The molecule has 188 valence electrons. The van der Waals surface area contributed by atoms with Gasteiger partial charge in [-0.1, -0.05) is 20.4 Å². The van der Waals surface area contributed by atoms with Gasteiger partial charge in [0.1, 0.15) is 0 Å². The highest BCUT2D eigenvalue weighted by Gasteiger charge is 2.67. The Labute approximate surface area is 178 Å². The minimum Gasteiger partial charge on any atom is -0.743 e. The summed E-state index contributed by atoms with van der Waals surface area (Å²) >= 11 is 0. The van der Waals surface area contributed by atoms with E-state index in [1.165, 1.54) is 13.8 Å². The molecule has 16 heteroatoms. The Bertz CT molecular complexity index is 780. The summed E-state index contributed by atoms with van der Waals surface area (Å²) in [6.45, 7) is 4.01. The lowest BCUT2D eigenvalue weighted by atomic mass is 10.1. The summed E-state index contributed by atoms with van der Waals surface area (Å²) in [5.41, 5.74) is 0. The van der Waals surface area contributed by atoms with Gasteiger partial charge in [0.25, 0.3) is 0 Å². The highest BCUT2D eigenvalue weighted by molar-refractivity contribution is 7.86. The van der Waals surface area contributed by atoms with Crippen LogP contribution < -0.4 is 0 Å². The maximum absolute atomic E-state index is 13.6. The van der Waals surface area contributed by atoms with Crippen LogP contribution in [0, 0.1) is 5.92 Å². The topological polar surface area (TPSA) is 119 Å². The van der Waals surface area contributed by atoms with Crippen molar-refractivity contribution in [3.05, 3.63) is 12.7 Å². The number of esters is 2. The van der Waals surface area contributed by atoms with Crippen molar-refractivity contribution in [3.63, 3.8) is 0 Å². The molecule has 0 aliphatic rings. The summed E-state index contributed by atoms with van der Waals surface area (Å²) in [7, 11) is -6.73. The minimum absolute atomic E-state index is 0.269. The third-order valence-corrected chi connectivity index (χ3v) is 4.46. The predicted octanol–water partition coefficient (Wildman–Crippen LogP) is 3.13. The third-order valence-electron chi connectivity index (χ3n) is 3.53. The van der Waals surface area contributed by atoms with E-state index < -0.39 is 83.6 Å². The molecule has 0 aromatic carbocycles. The molecular weight excluding hydrogens is 485 g/mol. The molecule has 0 fully saturated rings. The number of rotatable bonds is 13. The smallest absolute Gasteiger partial charge is 0.468 e. The molecule has 0 aromatic rings. The average molecular weight is 505 g/mol. The summed E-state index contributed by atoms with van der Waals surface area (Å²) in [4.78, 5) is 23.4.